The van der Waals surface area contributed by atoms with Crippen molar-refractivity contribution in [2.45, 2.75) is 13.5 Å². The minimum atomic E-state index is -0.516. The quantitative estimate of drug-likeness (QED) is 0.842. The van der Waals surface area contributed by atoms with E-state index < -0.39 is 5.82 Å². The molecule has 2 rings (SSSR count). The lowest BCUT2D eigenvalue weighted by Crippen LogP contribution is -2.03. The van der Waals surface area contributed by atoms with Crippen LogP contribution in [0.3, 0.4) is 0 Å². The van der Waals surface area contributed by atoms with E-state index in [0.29, 0.717) is 17.9 Å². The molecule has 0 aliphatic carbocycles. The monoisotopic (exact) mass is 268 g/mol. The first-order chi connectivity index (χ1) is 8.47. The topological polar surface area (TPSA) is 55.9 Å². The number of benzene rings is 1. The Morgan fingerprint density at radius 1 is 1.50 bits per heavy atom. The van der Waals surface area contributed by atoms with Gasteiger partial charge in [-0.05, 0) is 13.0 Å². The van der Waals surface area contributed by atoms with Gasteiger partial charge in [-0.15, -0.1) is 0 Å². The second kappa shape index (κ2) is 4.86. The van der Waals surface area contributed by atoms with Crippen molar-refractivity contribution in [1.82, 2.24) is 9.78 Å². The van der Waals surface area contributed by atoms with Crippen LogP contribution >= 0.6 is 11.6 Å². The molecular formula is C12H14ClFN4. The molecule has 18 heavy (non-hydrogen) atoms. The van der Waals surface area contributed by atoms with Crippen molar-refractivity contribution in [3.8, 4) is 0 Å². The molecule has 0 aliphatic rings. The zero-order valence-corrected chi connectivity index (χ0v) is 10.9. The van der Waals surface area contributed by atoms with E-state index >= 15 is 0 Å². The number of hydrogen-bond acceptors (Lipinski definition) is 3. The Bertz CT molecular complexity index is 580. The summed E-state index contributed by atoms with van der Waals surface area (Å²) < 4.78 is 14.9. The maximum Gasteiger partial charge on any atom is 0.143 e. The van der Waals surface area contributed by atoms with Gasteiger partial charge in [0.1, 0.15) is 5.82 Å². The molecule has 1 aromatic heterocycles. The molecule has 0 unspecified atom stereocenters. The molecule has 96 valence electrons. The third-order valence-electron chi connectivity index (χ3n) is 2.68. The van der Waals surface area contributed by atoms with Gasteiger partial charge >= 0.3 is 0 Å². The van der Waals surface area contributed by atoms with Crippen LogP contribution in [0.15, 0.2) is 18.3 Å². The van der Waals surface area contributed by atoms with Crippen molar-refractivity contribution in [3.05, 3.63) is 40.4 Å². The number of halogens is 2. The Kier molecular flexibility index (Phi) is 3.43. The Morgan fingerprint density at radius 3 is 2.83 bits per heavy atom. The molecule has 4 nitrogen and oxygen atoms in total. The molecule has 0 amide bonds. The molecule has 0 aliphatic heterocycles. The number of nitrogen functional groups attached to an aromatic ring is 1. The standard InChI is InChI=1S/C12H14ClFN4/c1-7-8(6-18(2)17-7)5-16-12-3-9(13)10(14)4-11(12)15/h3-4,6,16H,5,15H2,1-2H3. The summed E-state index contributed by atoms with van der Waals surface area (Å²) in [7, 11) is 1.86. The Morgan fingerprint density at radius 2 is 2.22 bits per heavy atom. The molecule has 3 N–H and O–H groups in total. The zero-order valence-electron chi connectivity index (χ0n) is 10.2. The predicted octanol–water partition coefficient (Wildman–Crippen LogP) is 2.72. The fraction of sp³-hybridized carbons (Fsp3) is 0.250. The van der Waals surface area contributed by atoms with Crippen molar-refractivity contribution in [3.63, 3.8) is 0 Å². The van der Waals surface area contributed by atoms with Gasteiger partial charge in [-0.2, -0.15) is 5.10 Å². The third kappa shape index (κ3) is 2.56. The lowest BCUT2D eigenvalue weighted by molar-refractivity contribution is 0.629. The van der Waals surface area contributed by atoms with Gasteiger partial charge in [-0.1, -0.05) is 11.6 Å². The summed E-state index contributed by atoms with van der Waals surface area (Å²) >= 11 is 5.72. The van der Waals surface area contributed by atoms with Gasteiger partial charge in [-0.25, -0.2) is 4.39 Å². The summed E-state index contributed by atoms with van der Waals surface area (Å²) in [5.74, 6) is -0.516. The lowest BCUT2D eigenvalue weighted by atomic mass is 10.2. The highest BCUT2D eigenvalue weighted by Crippen LogP contribution is 2.26. The number of hydrogen-bond donors (Lipinski definition) is 2. The molecule has 2 aromatic rings. The second-order valence-electron chi connectivity index (χ2n) is 4.12. The maximum absolute atomic E-state index is 13.1. The van der Waals surface area contributed by atoms with Crippen LogP contribution in [-0.4, -0.2) is 9.78 Å². The zero-order chi connectivity index (χ0) is 13.3. The van der Waals surface area contributed by atoms with Crippen molar-refractivity contribution in [1.29, 1.82) is 0 Å². The highest BCUT2D eigenvalue weighted by Gasteiger charge is 2.07. The van der Waals surface area contributed by atoms with Crippen LogP contribution in [-0.2, 0) is 13.6 Å². The van der Waals surface area contributed by atoms with Crippen LogP contribution < -0.4 is 11.1 Å². The Balaban J connectivity index is 2.15. The number of rotatable bonds is 3. The average molecular weight is 269 g/mol. The number of anilines is 2. The number of nitrogens with two attached hydrogens (primary N) is 1. The molecule has 0 fully saturated rings. The van der Waals surface area contributed by atoms with E-state index in [-0.39, 0.29) is 5.02 Å². The van der Waals surface area contributed by atoms with Crippen LogP contribution in [0.1, 0.15) is 11.3 Å². The molecule has 0 atom stereocenters. The molecule has 1 aromatic carbocycles. The summed E-state index contributed by atoms with van der Waals surface area (Å²) in [6.45, 7) is 2.49. The van der Waals surface area contributed by atoms with Crippen molar-refractivity contribution in [2.75, 3.05) is 11.1 Å². The SMILES string of the molecule is Cc1nn(C)cc1CNc1cc(Cl)c(F)cc1N. The molecular weight excluding hydrogens is 255 g/mol. The fourth-order valence-corrected chi connectivity index (χ4v) is 1.89. The summed E-state index contributed by atoms with van der Waals surface area (Å²) in [5.41, 5.74) is 8.66. The van der Waals surface area contributed by atoms with Crippen LogP contribution in [0.4, 0.5) is 15.8 Å². The lowest BCUT2D eigenvalue weighted by Gasteiger charge is -2.09. The molecule has 0 spiro atoms. The van der Waals surface area contributed by atoms with Crippen LogP contribution in [0, 0.1) is 12.7 Å². The highest BCUT2D eigenvalue weighted by atomic mass is 35.5. The summed E-state index contributed by atoms with van der Waals surface area (Å²) in [6.07, 6.45) is 1.92. The summed E-state index contributed by atoms with van der Waals surface area (Å²) in [4.78, 5) is 0. The van der Waals surface area contributed by atoms with Crippen LogP contribution in [0.2, 0.25) is 5.02 Å². The smallest absolute Gasteiger partial charge is 0.143 e. The van der Waals surface area contributed by atoms with E-state index in [1.807, 2.05) is 20.2 Å². The molecule has 0 saturated carbocycles. The van der Waals surface area contributed by atoms with E-state index in [1.54, 1.807) is 4.68 Å². The average Bonchev–Trinajstić information content (AvgIpc) is 2.61. The number of nitrogens with zero attached hydrogens (tertiary/aromatic N) is 2. The minimum Gasteiger partial charge on any atom is -0.397 e. The van der Waals surface area contributed by atoms with E-state index in [9.17, 15) is 4.39 Å². The third-order valence-corrected chi connectivity index (χ3v) is 2.97. The van der Waals surface area contributed by atoms with E-state index in [0.717, 1.165) is 11.3 Å². The summed E-state index contributed by atoms with van der Waals surface area (Å²) in [5, 5.41) is 7.41. The van der Waals surface area contributed by atoms with Gasteiger partial charge in [0.15, 0.2) is 0 Å². The predicted molar refractivity (Wildman–Crippen MR) is 71.1 cm³/mol. The first-order valence-corrected chi connectivity index (χ1v) is 5.82. The van der Waals surface area contributed by atoms with Crippen molar-refractivity contribution in [2.24, 2.45) is 7.05 Å². The molecule has 0 bridgehead atoms. The maximum atomic E-state index is 13.1. The van der Waals surface area contributed by atoms with Gasteiger partial charge in [0.25, 0.3) is 0 Å². The largest absolute Gasteiger partial charge is 0.397 e. The van der Waals surface area contributed by atoms with Gasteiger partial charge in [-0.3, -0.25) is 4.68 Å². The molecule has 6 heteroatoms. The molecule has 1 heterocycles. The molecule has 0 saturated heterocycles. The summed E-state index contributed by atoms with van der Waals surface area (Å²) in [6, 6.07) is 2.69. The van der Waals surface area contributed by atoms with Crippen molar-refractivity contribution < 1.29 is 4.39 Å². The minimum absolute atomic E-state index is 0.0506. The highest BCUT2D eigenvalue weighted by molar-refractivity contribution is 6.31. The van der Waals surface area contributed by atoms with Crippen molar-refractivity contribution >= 4 is 23.0 Å². The Labute approximate surface area is 110 Å². The fourth-order valence-electron chi connectivity index (χ4n) is 1.73. The van der Waals surface area contributed by atoms with Gasteiger partial charge < -0.3 is 11.1 Å². The normalized spacial score (nSPS) is 10.7. The van der Waals surface area contributed by atoms with E-state index in [2.05, 4.69) is 10.4 Å². The second-order valence-corrected chi connectivity index (χ2v) is 4.53. The molecule has 0 radical (unpaired) electrons. The van der Waals surface area contributed by atoms with Gasteiger partial charge in [0.05, 0.1) is 22.1 Å². The number of aromatic nitrogens is 2. The number of nitrogens with one attached hydrogen (secondary N) is 1. The van der Waals surface area contributed by atoms with Crippen LogP contribution in [0.5, 0.6) is 0 Å². The Hall–Kier alpha value is -1.75. The van der Waals surface area contributed by atoms with E-state index in [1.165, 1.54) is 12.1 Å². The van der Waals surface area contributed by atoms with Crippen LogP contribution in [0.25, 0.3) is 0 Å². The first kappa shape index (κ1) is 12.7. The van der Waals surface area contributed by atoms with Gasteiger partial charge in [0, 0.05) is 31.4 Å². The number of aryl methyl sites for hydroxylation is 2. The van der Waals surface area contributed by atoms with E-state index in [4.69, 9.17) is 17.3 Å². The van der Waals surface area contributed by atoms with Gasteiger partial charge in [0.2, 0.25) is 0 Å². The first-order valence-electron chi connectivity index (χ1n) is 5.45.